The monoisotopic (exact) mass is 290 g/mol. The fourth-order valence-electron chi connectivity index (χ4n) is 1.07. The van der Waals surface area contributed by atoms with E-state index in [4.69, 9.17) is 4.74 Å². The van der Waals surface area contributed by atoms with Crippen molar-refractivity contribution in [1.29, 1.82) is 0 Å². The maximum absolute atomic E-state index is 11.6. The van der Waals surface area contributed by atoms with Crippen molar-refractivity contribution in [2.45, 2.75) is 33.6 Å². The minimum absolute atomic E-state index is 0.147. The van der Waals surface area contributed by atoms with Crippen LogP contribution in [0.5, 0.6) is 0 Å². The normalized spacial score (nSPS) is 11.7. The quantitative estimate of drug-likeness (QED) is 0.181. The largest absolute Gasteiger partial charge is 0.462 e. The molecule has 0 aromatic heterocycles. The number of carbonyl (C=O) groups excluding carboxylic acids is 2. The molecule has 0 spiro atoms. The molecule has 0 saturated heterocycles. The number of esters is 1. The van der Waals surface area contributed by atoms with Crippen LogP contribution in [0.1, 0.15) is 33.6 Å². The zero-order chi connectivity index (χ0) is 12.6. The molecule has 0 radical (unpaired) electrons. The molecule has 0 saturated carbocycles. The molecule has 0 aliphatic carbocycles. The smallest absolute Gasteiger partial charge is 0.341 e. The summed E-state index contributed by atoms with van der Waals surface area (Å²) >= 11 is 3.06. The molecule has 4 heteroatoms. The Kier molecular flexibility index (Phi) is 8.16. The second-order valence-corrected chi connectivity index (χ2v) is 4.43. The predicted molar refractivity (Wildman–Crippen MR) is 67.6 cm³/mol. The van der Waals surface area contributed by atoms with Crippen molar-refractivity contribution in [2.24, 2.45) is 5.92 Å². The summed E-state index contributed by atoms with van der Waals surface area (Å²) in [5, 5.41) is 0.147. The van der Waals surface area contributed by atoms with Crippen molar-refractivity contribution >= 4 is 27.7 Å². The van der Waals surface area contributed by atoms with Gasteiger partial charge in [0.05, 0.1) is 17.5 Å². The predicted octanol–water partition coefficient (Wildman–Crippen LogP) is 2.88. The molecule has 0 N–H and O–H groups in total. The third-order valence-corrected chi connectivity index (χ3v) is 2.38. The topological polar surface area (TPSA) is 43.4 Å². The van der Waals surface area contributed by atoms with Gasteiger partial charge in [0.1, 0.15) is 0 Å². The van der Waals surface area contributed by atoms with Gasteiger partial charge in [0, 0.05) is 0 Å². The van der Waals surface area contributed by atoms with Gasteiger partial charge in [-0.25, -0.2) is 4.79 Å². The molecule has 0 amide bonds. The Labute approximate surface area is 105 Å². The number of rotatable bonds is 7. The van der Waals surface area contributed by atoms with Gasteiger partial charge < -0.3 is 4.74 Å². The highest BCUT2D eigenvalue weighted by atomic mass is 79.9. The van der Waals surface area contributed by atoms with Crippen LogP contribution in [0.25, 0.3) is 0 Å². The molecule has 3 nitrogen and oxygen atoms in total. The summed E-state index contributed by atoms with van der Waals surface area (Å²) in [4.78, 5) is 23.1. The van der Waals surface area contributed by atoms with Crippen LogP contribution in [-0.4, -0.2) is 23.7 Å². The first-order valence-electron chi connectivity index (χ1n) is 5.51. The van der Waals surface area contributed by atoms with Gasteiger partial charge >= 0.3 is 5.97 Å². The Bertz CT molecular complexity index is 269. The summed E-state index contributed by atoms with van der Waals surface area (Å²) in [6.07, 6.45) is 3.43. The van der Waals surface area contributed by atoms with E-state index in [1.807, 2.05) is 20.8 Å². The Hall–Kier alpha value is -0.640. The fraction of sp³-hybridized carbons (Fsp3) is 0.667. The second-order valence-electron chi connectivity index (χ2n) is 3.87. The summed E-state index contributed by atoms with van der Waals surface area (Å²) in [5.41, 5.74) is 0.156. The number of hydrogen-bond acceptors (Lipinski definition) is 3. The van der Waals surface area contributed by atoms with Gasteiger partial charge in [-0.05, 0) is 12.3 Å². The zero-order valence-corrected chi connectivity index (χ0v) is 11.7. The minimum Gasteiger partial charge on any atom is -0.462 e. The molecule has 0 aliphatic heterocycles. The van der Waals surface area contributed by atoms with Crippen LogP contribution in [0.15, 0.2) is 11.6 Å². The third kappa shape index (κ3) is 6.05. The van der Waals surface area contributed by atoms with Gasteiger partial charge in [0.15, 0.2) is 5.78 Å². The van der Waals surface area contributed by atoms with E-state index in [1.165, 1.54) is 0 Å². The highest BCUT2D eigenvalue weighted by molar-refractivity contribution is 9.09. The van der Waals surface area contributed by atoms with Gasteiger partial charge in [-0.1, -0.05) is 49.2 Å². The molecule has 0 unspecified atom stereocenters. The van der Waals surface area contributed by atoms with Gasteiger partial charge in [-0.15, -0.1) is 0 Å². The van der Waals surface area contributed by atoms with Crippen LogP contribution >= 0.6 is 15.9 Å². The van der Waals surface area contributed by atoms with Gasteiger partial charge in [0.2, 0.25) is 0 Å². The first kappa shape index (κ1) is 15.4. The van der Waals surface area contributed by atoms with Crippen molar-refractivity contribution in [3.8, 4) is 0 Å². The van der Waals surface area contributed by atoms with Crippen molar-refractivity contribution in [1.82, 2.24) is 0 Å². The molecule has 0 aliphatic rings. The number of hydrogen-bond donors (Lipinski definition) is 0. The second kappa shape index (κ2) is 8.50. The Morgan fingerprint density at radius 1 is 1.38 bits per heavy atom. The Morgan fingerprint density at radius 3 is 2.44 bits per heavy atom. The summed E-state index contributed by atoms with van der Waals surface area (Å²) in [6.45, 7) is 6.23. The first-order valence-corrected chi connectivity index (χ1v) is 6.63. The molecule has 0 bridgehead atoms. The van der Waals surface area contributed by atoms with Crippen LogP contribution in [0.4, 0.5) is 0 Å². The number of allylic oxidation sites excluding steroid dienone is 1. The zero-order valence-electron chi connectivity index (χ0n) is 10.1. The molecular weight excluding hydrogens is 272 g/mol. The van der Waals surface area contributed by atoms with E-state index in [2.05, 4.69) is 15.9 Å². The summed E-state index contributed by atoms with van der Waals surface area (Å²) < 4.78 is 5.02. The standard InChI is InChI=1S/C12H19BrO3/c1-4-5-6-16-12(15)10(7-9(2)3)11(14)8-13/h7,9H,4-6,8H2,1-3H3. The van der Waals surface area contributed by atoms with E-state index >= 15 is 0 Å². The Balaban J connectivity index is 4.52. The van der Waals surface area contributed by atoms with Crippen LogP contribution in [0, 0.1) is 5.92 Å². The fourth-order valence-corrected chi connectivity index (χ4v) is 1.37. The average Bonchev–Trinajstić information content (AvgIpc) is 2.24. The number of ketones is 1. The van der Waals surface area contributed by atoms with E-state index < -0.39 is 5.97 Å². The van der Waals surface area contributed by atoms with Crippen molar-refractivity contribution in [2.75, 3.05) is 11.9 Å². The SMILES string of the molecule is CCCCOC(=O)C(=CC(C)C)C(=O)CBr. The van der Waals surface area contributed by atoms with Crippen LogP contribution in [0.3, 0.4) is 0 Å². The summed E-state index contributed by atoms with van der Waals surface area (Å²) in [5.74, 6) is -0.585. The minimum atomic E-state index is -0.508. The maximum Gasteiger partial charge on any atom is 0.341 e. The van der Waals surface area contributed by atoms with E-state index in [0.29, 0.717) is 6.61 Å². The van der Waals surface area contributed by atoms with Gasteiger partial charge in [0.25, 0.3) is 0 Å². The molecule has 92 valence electrons. The summed E-state index contributed by atoms with van der Waals surface area (Å²) in [6, 6.07) is 0. The van der Waals surface area contributed by atoms with E-state index in [0.717, 1.165) is 12.8 Å². The molecule has 0 atom stereocenters. The van der Waals surface area contributed by atoms with E-state index in [1.54, 1.807) is 6.08 Å². The number of halogens is 1. The maximum atomic E-state index is 11.6. The van der Waals surface area contributed by atoms with Crippen molar-refractivity contribution in [3.63, 3.8) is 0 Å². The molecule has 0 heterocycles. The number of alkyl halides is 1. The van der Waals surface area contributed by atoms with Gasteiger partial charge in [-0.3, -0.25) is 4.79 Å². The lowest BCUT2D eigenvalue weighted by Gasteiger charge is -2.07. The van der Waals surface area contributed by atoms with Crippen molar-refractivity contribution in [3.05, 3.63) is 11.6 Å². The van der Waals surface area contributed by atoms with E-state index in [-0.39, 0.29) is 22.6 Å². The third-order valence-electron chi connectivity index (χ3n) is 1.87. The van der Waals surface area contributed by atoms with Gasteiger partial charge in [-0.2, -0.15) is 0 Å². The summed E-state index contributed by atoms with van der Waals surface area (Å²) in [7, 11) is 0. The van der Waals surface area contributed by atoms with Crippen LogP contribution in [-0.2, 0) is 14.3 Å². The lowest BCUT2D eigenvalue weighted by atomic mass is 10.1. The molecular formula is C12H19BrO3. The molecule has 0 rings (SSSR count). The molecule has 0 fully saturated rings. The lowest BCUT2D eigenvalue weighted by Crippen LogP contribution is -2.18. The number of Topliss-reactive ketones (excluding diaryl/α,β-unsaturated/α-hetero) is 1. The highest BCUT2D eigenvalue weighted by Gasteiger charge is 2.18. The number of carbonyl (C=O) groups is 2. The number of unbranched alkanes of at least 4 members (excludes halogenated alkanes) is 1. The Morgan fingerprint density at radius 2 is 2.00 bits per heavy atom. The molecule has 16 heavy (non-hydrogen) atoms. The van der Waals surface area contributed by atoms with Crippen LogP contribution in [0.2, 0.25) is 0 Å². The number of ether oxygens (including phenoxy) is 1. The van der Waals surface area contributed by atoms with Crippen molar-refractivity contribution < 1.29 is 14.3 Å². The highest BCUT2D eigenvalue weighted by Crippen LogP contribution is 2.08. The molecule has 0 aromatic carbocycles. The average molecular weight is 291 g/mol. The lowest BCUT2D eigenvalue weighted by molar-refractivity contribution is -0.140. The first-order chi connectivity index (χ1) is 7.52. The van der Waals surface area contributed by atoms with E-state index in [9.17, 15) is 9.59 Å². The van der Waals surface area contributed by atoms with Crippen LogP contribution < -0.4 is 0 Å². The molecule has 0 aromatic rings.